The van der Waals surface area contributed by atoms with Gasteiger partial charge in [-0.1, -0.05) is 12.2 Å². The highest BCUT2D eigenvalue weighted by Gasteiger charge is 2.19. The number of hydrogen-bond acceptors (Lipinski definition) is 3. The quantitative estimate of drug-likeness (QED) is 0.616. The lowest BCUT2D eigenvalue weighted by Crippen LogP contribution is -1.98. The molecule has 0 saturated heterocycles. The van der Waals surface area contributed by atoms with Crippen LogP contribution >= 0.6 is 0 Å². The fourth-order valence-corrected chi connectivity index (χ4v) is 1.10. The maximum absolute atomic E-state index is 13.0. The average Bonchev–Trinajstić information content (AvgIpc) is 2.12. The standard InChI is InChI=1S/C9H8F2N2O2/c10-7-4-6(2-1-3-12)9(13(14)15)8(11)5-7/h1-2,4-5H,3,12H2. The van der Waals surface area contributed by atoms with Crippen molar-refractivity contribution < 1.29 is 13.7 Å². The molecule has 0 aliphatic rings. The van der Waals surface area contributed by atoms with Gasteiger partial charge in [-0.2, -0.15) is 4.39 Å². The molecule has 0 bridgehead atoms. The summed E-state index contributed by atoms with van der Waals surface area (Å²) in [6, 6.07) is 1.35. The second kappa shape index (κ2) is 4.61. The molecule has 15 heavy (non-hydrogen) atoms. The van der Waals surface area contributed by atoms with E-state index in [0.29, 0.717) is 6.07 Å². The van der Waals surface area contributed by atoms with E-state index in [4.69, 9.17) is 5.73 Å². The number of nitro benzene ring substituents is 1. The van der Waals surface area contributed by atoms with Crippen LogP contribution < -0.4 is 5.73 Å². The molecular formula is C9H8F2N2O2. The molecule has 1 aromatic rings. The van der Waals surface area contributed by atoms with Gasteiger partial charge in [-0.25, -0.2) is 4.39 Å². The summed E-state index contributed by atoms with van der Waals surface area (Å²) in [6.45, 7) is 0.134. The largest absolute Gasteiger partial charge is 0.327 e. The van der Waals surface area contributed by atoms with Crippen molar-refractivity contribution in [3.63, 3.8) is 0 Å². The van der Waals surface area contributed by atoms with Gasteiger partial charge in [0.2, 0.25) is 5.82 Å². The molecule has 0 aromatic heterocycles. The van der Waals surface area contributed by atoms with Gasteiger partial charge in [0.1, 0.15) is 5.82 Å². The summed E-state index contributed by atoms with van der Waals surface area (Å²) in [4.78, 5) is 9.60. The van der Waals surface area contributed by atoms with Crippen molar-refractivity contribution in [1.82, 2.24) is 0 Å². The first-order valence-corrected chi connectivity index (χ1v) is 4.06. The van der Waals surface area contributed by atoms with Gasteiger partial charge in [0, 0.05) is 12.6 Å². The fraction of sp³-hybridized carbons (Fsp3) is 0.111. The third-order valence-corrected chi connectivity index (χ3v) is 1.67. The van der Waals surface area contributed by atoms with E-state index < -0.39 is 22.2 Å². The zero-order chi connectivity index (χ0) is 11.4. The second-order valence-corrected chi connectivity index (χ2v) is 2.72. The van der Waals surface area contributed by atoms with Crippen molar-refractivity contribution in [3.8, 4) is 0 Å². The van der Waals surface area contributed by atoms with Gasteiger partial charge in [-0.15, -0.1) is 0 Å². The molecule has 0 aliphatic carbocycles. The van der Waals surface area contributed by atoms with E-state index in [-0.39, 0.29) is 12.1 Å². The highest BCUT2D eigenvalue weighted by atomic mass is 19.1. The number of hydrogen-bond donors (Lipinski definition) is 1. The Balaban J connectivity index is 3.33. The van der Waals surface area contributed by atoms with E-state index in [2.05, 4.69) is 0 Å². The predicted octanol–water partition coefficient (Wildman–Crippen LogP) is 1.84. The van der Waals surface area contributed by atoms with Crippen LogP contribution in [0.5, 0.6) is 0 Å². The molecule has 0 amide bonds. The van der Waals surface area contributed by atoms with Crippen LogP contribution in [0.3, 0.4) is 0 Å². The van der Waals surface area contributed by atoms with Gasteiger partial charge in [0.05, 0.1) is 10.5 Å². The molecule has 0 spiro atoms. The first kappa shape index (κ1) is 11.3. The summed E-state index contributed by atoms with van der Waals surface area (Å²) in [6.07, 6.45) is 2.59. The molecule has 1 aromatic carbocycles. The van der Waals surface area contributed by atoms with Crippen molar-refractivity contribution in [3.05, 3.63) is 45.5 Å². The molecule has 0 saturated carbocycles. The molecule has 0 unspecified atom stereocenters. The van der Waals surface area contributed by atoms with Crippen LogP contribution in [0, 0.1) is 21.7 Å². The fourth-order valence-electron chi connectivity index (χ4n) is 1.10. The predicted molar refractivity (Wildman–Crippen MR) is 51.1 cm³/mol. The summed E-state index contributed by atoms with van der Waals surface area (Å²) in [5, 5.41) is 10.5. The van der Waals surface area contributed by atoms with Gasteiger partial charge in [0.25, 0.3) is 0 Å². The number of rotatable bonds is 3. The molecule has 0 fully saturated rings. The highest BCUT2D eigenvalue weighted by molar-refractivity contribution is 5.61. The van der Waals surface area contributed by atoms with Gasteiger partial charge < -0.3 is 5.73 Å². The molecule has 2 N–H and O–H groups in total. The molecular weight excluding hydrogens is 206 g/mol. The summed E-state index contributed by atoms with van der Waals surface area (Å²) >= 11 is 0. The average molecular weight is 214 g/mol. The lowest BCUT2D eigenvalue weighted by atomic mass is 10.1. The Bertz CT molecular complexity index is 419. The Morgan fingerprint density at radius 2 is 2.13 bits per heavy atom. The minimum absolute atomic E-state index is 0.134. The minimum Gasteiger partial charge on any atom is -0.327 e. The van der Waals surface area contributed by atoms with Gasteiger partial charge in [-0.05, 0) is 6.07 Å². The third-order valence-electron chi connectivity index (χ3n) is 1.67. The number of nitrogens with two attached hydrogens (primary N) is 1. The highest BCUT2D eigenvalue weighted by Crippen LogP contribution is 2.24. The molecule has 1 rings (SSSR count). The Morgan fingerprint density at radius 1 is 1.47 bits per heavy atom. The Morgan fingerprint density at radius 3 is 2.67 bits per heavy atom. The number of nitrogens with zero attached hydrogens (tertiary/aromatic N) is 1. The van der Waals surface area contributed by atoms with E-state index in [1.807, 2.05) is 0 Å². The molecule has 4 nitrogen and oxygen atoms in total. The zero-order valence-corrected chi connectivity index (χ0v) is 7.61. The Kier molecular flexibility index (Phi) is 3.46. The van der Waals surface area contributed by atoms with Crippen molar-refractivity contribution in [2.24, 2.45) is 5.73 Å². The van der Waals surface area contributed by atoms with Gasteiger partial charge >= 0.3 is 5.69 Å². The number of nitro groups is 1. The summed E-state index contributed by atoms with van der Waals surface area (Å²) in [5.74, 6) is -2.06. The van der Waals surface area contributed by atoms with E-state index >= 15 is 0 Å². The Labute approximate surface area is 84.2 Å². The van der Waals surface area contributed by atoms with Crippen LogP contribution in [0.15, 0.2) is 18.2 Å². The first-order chi connectivity index (χ1) is 7.06. The lowest BCUT2D eigenvalue weighted by Gasteiger charge is -1.99. The number of benzene rings is 1. The van der Waals surface area contributed by atoms with E-state index in [9.17, 15) is 18.9 Å². The summed E-state index contributed by atoms with van der Waals surface area (Å²) in [5.41, 5.74) is 4.25. The van der Waals surface area contributed by atoms with Crippen molar-refractivity contribution in [2.75, 3.05) is 6.54 Å². The summed E-state index contributed by atoms with van der Waals surface area (Å²) in [7, 11) is 0. The van der Waals surface area contributed by atoms with Crippen LogP contribution in [-0.4, -0.2) is 11.5 Å². The van der Waals surface area contributed by atoms with Crippen LogP contribution in [0.25, 0.3) is 6.08 Å². The maximum Gasteiger partial charge on any atom is 0.312 e. The van der Waals surface area contributed by atoms with Gasteiger partial charge in [0.15, 0.2) is 0 Å². The van der Waals surface area contributed by atoms with Crippen LogP contribution in [0.4, 0.5) is 14.5 Å². The smallest absolute Gasteiger partial charge is 0.312 e. The van der Waals surface area contributed by atoms with Gasteiger partial charge in [-0.3, -0.25) is 10.1 Å². The van der Waals surface area contributed by atoms with Crippen LogP contribution in [0.2, 0.25) is 0 Å². The van der Waals surface area contributed by atoms with Crippen LogP contribution in [-0.2, 0) is 0 Å². The molecule has 6 heteroatoms. The Hall–Kier alpha value is -1.82. The van der Waals surface area contributed by atoms with Crippen molar-refractivity contribution >= 4 is 11.8 Å². The SMILES string of the molecule is NCC=Cc1cc(F)cc(F)c1[N+](=O)[O-]. The topological polar surface area (TPSA) is 69.2 Å². The third kappa shape index (κ3) is 2.57. The van der Waals surface area contributed by atoms with Crippen molar-refractivity contribution in [2.45, 2.75) is 0 Å². The van der Waals surface area contributed by atoms with Crippen molar-refractivity contribution in [1.29, 1.82) is 0 Å². The molecule has 0 atom stereocenters. The second-order valence-electron chi connectivity index (χ2n) is 2.72. The van der Waals surface area contributed by atoms with E-state index in [0.717, 1.165) is 6.07 Å². The zero-order valence-electron chi connectivity index (χ0n) is 7.61. The summed E-state index contributed by atoms with van der Waals surface area (Å²) < 4.78 is 25.8. The van der Waals surface area contributed by atoms with E-state index in [1.165, 1.54) is 12.2 Å². The molecule has 0 heterocycles. The van der Waals surface area contributed by atoms with E-state index in [1.54, 1.807) is 0 Å². The van der Waals surface area contributed by atoms with Crippen LogP contribution in [0.1, 0.15) is 5.56 Å². The lowest BCUT2D eigenvalue weighted by molar-refractivity contribution is -0.387. The molecule has 80 valence electrons. The minimum atomic E-state index is -1.20. The molecule has 0 radical (unpaired) electrons. The molecule has 0 aliphatic heterocycles. The first-order valence-electron chi connectivity index (χ1n) is 4.06. The maximum atomic E-state index is 13.0. The normalized spacial score (nSPS) is 10.9. The number of halogens is 2. The monoisotopic (exact) mass is 214 g/mol.